The SMILES string of the molecule is CCOC(=O)c1cnc(OCc2ccccc2)c(C#Cc2ccccc2)c1. The highest BCUT2D eigenvalue weighted by molar-refractivity contribution is 5.89. The summed E-state index contributed by atoms with van der Waals surface area (Å²) in [5.41, 5.74) is 2.78. The molecule has 2 aromatic carbocycles. The molecule has 0 spiro atoms. The van der Waals surface area contributed by atoms with E-state index in [1.54, 1.807) is 13.0 Å². The third-order valence-corrected chi connectivity index (χ3v) is 3.70. The molecule has 4 nitrogen and oxygen atoms in total. The molecule has 0 radical (unpaired) electrons. The molecule has 0 bridgehead atoms. The molecule has 0 fully saturated rings. The quantitative estimate of drug-likeness (QED) is 0.506. The summed E-state index contributed by atoms with van der Waals surface area (Å²) in [5, 5.41) is 0. The lowest BCUT2D eigenvalue weighted by molar-refractivity contribution is 0.0525. The average Bonchev–Trinajstić information content (AvgIpc) is 2.72. The van der Waals surface area contributed by atoms with E-state index in [9.17, 15) is 4.79 Å². The maximum Gasteiger partial charge on any atom is 0.339 e. The lowest BCUT2D eigenvalue weighted by atomic mass is 10.1. The first-order valence-corrected chi connectivity index (χ1v) is 8.67. The van der Waals surface area contributed by atoms with Crippen molar-refractivity contribution >= 4 is 5.97 Å². The minimum absolute atomic E-state index is 0.302. The van der Waals surface area contributed by atoms with Gasteiger partial charge < -0.3 is 9.47 Å². The van der Waals surface area contributed by atoms with Crippen molar-refractivity contribution in [3.8, 4) is 17.7 Å². The van der Waals surface area contributed by atoms with Crippen LogP contribution in [0.25, 0.3) is 0 Å². The number of esters is 1. The van der Waals surface area contributed by atoms with Crippen LogP contribution in [0.2, 0.25) is 0 Å². The summed E-state index contributed by atoms with van der Waals surface area (Å²) in [7, 11) is 0. The van der Waals surface area contributed by atoms with Crippen molar-refractivity contribution in [3.63, 3.8) is 0 Å². The summed E-state index contributed by atoms with van der Waals surface area (Å²) in [6.07, 6.45) is 1.45. The second kappa shape index (κ2) is 9.21. The molecule has 0 atom stereocenters. The topological polar surface area (TPSA) is 48.4 Å². The van der Waals surface area contributed by atoms with Crippen LogP contribution in [0.1, 0.15) is 34.0 Å². The lowest BCUT2D eigenvalue weighted by Crippen LogP contribution is -2.07. The number of pyridine rings is 1. The van der Waals surface area contributed by atoms with Crippen LogP contribution < -0.4 is 4.74 Å². The molecule has 27 heavy (non-hydrogen) atoms. The van der Waals surface area contributed by atoms with Crippen LogP contribution in [0.3, 0.4) is 0 Å². The molecule has 134 valence electrons. The number of rotatable bonds is 5. The molecule has 0 N–H and O–H groups in total. The minimum Gasteiger partial charge on any atom is -0.472 e. The van der Waals surface area contributed by atoms with E-state index in [0.29, 0.717) is 30.2 Å². The van der Waals surface area contributed by atoms with Crippen molar-refractivity contribution in [2.75, 3.05) is 6.61 Å². The van der Waals surface area contributed by atoms with Gasteiger partial charge in [-0.2, -0.15) is 0 Å². The van der Waals surface area contributed by atoms with Crippen molar-refractivity contribution in [1.29, 1.82) is 0 Å². The largest absolute Gasteiger partial charge is 0.472 e. The Labute approximate surface area is 158 Å². The molecular formula is C23H19NO3. The number of aromatic nitrogens is 1. The van der Waals surface area contributed by atoms with Crippen LogP contribution in [0.15, 0.2) is 72.9 Å². The molecule has 0 saturated carbocycles. The van der Waals surface area contributed by atoms with E-state index in [0.717, 1.165) is 11.1 Å². The van der Waals surface area contributed by atoms with Gasteiger partial charge in [0.15, 0.2) is 0 Å². The van der Waals surface area contributed by atoms with Gasteiger partial charge in [0.25, 0.3) is 0 Å². The summed E-state index contributed by atoms with van der Waals surface area (Å²) < 4.78 is 10.9. The van der Waals surface area contributed by atoms with Crippen LogP contribution in [-0.2, 0) is 11.3 Å². The molecule has 0 aliphatic rings. The van der Waals surface area contributed by atoms with Crippen LogP contribution in [-0.4, -0.2) is 17.6 Å². The summed E-state index contributed by atoms with van der Waals surface area (Å²) in [6, 6.07) is 21.1. The minimum atomic E-state index is -0.428. The Morgan fingerprint density at radius 1 is 1.00 bits per heavy atom. The fourth-order valence-electron chi connectivity index (χ4n) is 2.37. The van der Waals surface area contributed by atoms with Crippen molar-refractivity contribution < 1.29 is 14.3 Å². The van der Waals surface area contributed by atoms with Gasteiger partial charge in [-0.25, -0.2) is 9.78 Å². The van der Waals surface area contributed by atoms with Gasteiger partial charge in [0.05, 0.1) is 17.7 Å². The number of carbonyl (C=O) groups is 1. The average molecular weight is 357 g/mol. The van der Waals surface area contributed by atoms with Gasteiger partial charge in [-0.15, -0.1) is 0 Å². The Hall–Kier alpha value is -3.58. The zero-order chi connectivity index (χ0) is 18.9. The third-order valence-electron chi connectivity index (χ3n) is 3.70. The van der Waals surface area contributed by atoms with E-state index < -0.39 is 5.97 Å². The molecule has 1 heterocycles. The maximum atomic E-state index is 12.0. The number of hydrogen-bond donors (Lipinski definition) is 0. The van der Waals surface area contributed by atoms with Gasteiger partial charge in [0.2, 0.25) is 5.88 Å². The fraction of sp³-hybridized carbons (Fsp3) is 0.130. The van der Waals surface area contributed by atoms with Gasteiger partial charge in [-0.1, -0.05) is 60.4 Å². The highest BCUT2D eigenvalue weighted by Gasteiger charge is 2.12. The second-order valence-corrected chi connectivity index (χ2v) is 5.69. The second-order valence-electron chi connectivity index (χ2n) is 5.69. The van der Waals surface area contributed by atoms with Crippen LogP contribution in [0.5, 0.6) is 5.88 Å². The zero-order valence-electron chi connectivity index (χ0n) is 15.0. The summed E-state index contributed by atoms with van der Waals surface area (Å²) in [6.45, 7) is 2.43. The summed E-state index contributed by atoms with van der Waals surface area (Å²) in [5.74, 6) is 6.09. The standard InChI is InChI=1S/C23H19NO3/c1-2-26-23(25)21-15-20(14-13-18-9-5-3-6-10-18)22(24-16-21)27-17-19-11-7-4-8-12-19/h3-12,15-16H,2,17H2,1H3. The Bertz CT molecular complexity index is 957. The molecule has 0 amide bonds. The Morgan fingerprint density at radius 3 is 2.41 bits per heavy atom. The van der Waals surface area contributed by atoms with Gasteiger partial charge in [-0.3, -0.25) is 0 Å². The van der Waals surface area contributed by atoms with Crippen LogP contribution >= 0.6 is 0 Å². The fourth-order valence-corrected chi connectivity index (χ4v) is 2.37. The maximum absolute atomic E-state index is 12.0. The van der Waals surface area contributed by atoms with E-state index in [2.05, 4.69) is 16.8 Å². The van der Waals surface area contributed by atoms with E-state index >= 15 is 0 Å². The monoisotopic (exact) mass is 357 g/mol. The number of benzene rings is 2. The molecule has 3 rings (SSSR count). The number of ether oxygens (including phenoxy) is 2. The van der Waals surface area contributed by atoms with E-state index in [-0.39, 0.29) is 0 Å². The summed E-state index contributed by atoms with van der Waals surface area (Å²) >= 11 is 0. The molecule has 0 aliphatic carbocycles. The van der Waals surface area contributed by atoms with Crippen molar-refractivity contribution in [2.45, 2.75) is 13.5 Å². The Morgan fingerprint density at radius 2 is 1.70 bits per heavy atom. The molecule has 0 saturated heterocycles. The third kappa shape index (κ3) is 5.20. The van der Waals surface area contributed by atoms with Gasteiger partial charge in [0, 0.05) is 11.8 Å². The molecule has 1 aromatic heterocycles. The Kier molecular flexibility index (Phi) is 6.21. The first-order valence-electron chi connectivity index (χ1n) is 8.67. The van der Waals surface area contributed by atoms with E-state index in [1.807, 2.05) is 60.7 Å². The van der Waals surface area contributed by atoms with Gasteiger partial charge in [-0.05, 0) is 30.7 Å². The van der Waals surface area contributed by atoms with Gasteiger partial charge >= 0.3 is 5.97 Å². The van der Waals surface area contributed by atoms with Crippen LogP contribution in [0.4, 0.5) is 0 Å². The molecule has 4 heteroatoms. The smallest absolute Gasteiger partial charge is 0.339 e. The molecule has 0 unspecified atom stereocenters. The molecule has 0 aliphatic heterocycles. The van der Waals surface area contributed by atoms with Crippen LogP contribution in [0, 0.1) is 11.8 Å². The Balaban J connectivity index is 1.89. The number of nitrogens with zero attached hydrogens (tertiary/aromatic N) is 1. The normalized spacial score (nSPS) is 9.81. The first-order chi connectivity index (χ1) is 13.3. The van der Waals surface area contributed by atoms with E-state index in [4.69, 9.17) is 9.47 Å². The molecule has 3 aromatic rings. The lowest BCUT2D eigenvalue weighted by Gasteiger charge is -2.09. The number of carbonyl (C=O) groups excluding carboxylic acids is 1. The highest BCUT2D eigenvalue weighted by atomic mass is 16.5. The van der Waals surface area contributed by atoms with Crippen molar-refractivity contribution in [3.05, 3.63) is 95.2 Å². The predicted octanol–water partition coefficient (Wildman–Crippen LogP) is 4.24. The van der Waals surface area contributed by atoms with Crippen molar-refractivity contribution in [2.24, 2.45) is 0 Å². The van der Waals surface area contributed by atoms with E-state index in [1.165, 1.54) is 6.20 Å². The van der Waals surface area contributed by atoms with Crippen molar-refractivity contribution in [1.82, 2.24) is 4.98 Å². The van der Waals surface area contributed by atoms with Gasteiger partial charge in [0.1, 0.15) is 6.61 Å². The molecular weight excluding hydrogens is 338 g/mol. The number of hydrogen-bond acceptors (Lipinski definition) is 4. The zero-order valence-corrected chi connectivity index (χ0v) is 15.0. The summed E-state index contributed by atoms with van der Waals surface area (Å²) in [4.78, 5) is 16.3. The highest BCUT2D eigenvalue weighted by Crippen LogP contribution is 2.18. The predicted molar refractivity (Wildman–Crippen MR) is 103 cm³/mol. The first kappa shape index (κ1) is 18.2.